The lowest BCUT2D eigenvalue weighted by molar-refractivity contribution is 0.398. The van der Waals surface area contributed by atoms with Crippen molar-refractivity contribution in [1.82, 2.24) is 29.9 Å². The van der Waals surface area contributed by atoms with Crippen LogP contribution in [0.1, 0.15) is 19.8 Å². The fourth-order valence-electron chi connectivity index (χ4n) is 2.89. The van der Waals surface area contributed by atoms with Crippen LogP contribution in [0.25, 0.3) is 17.0 Å². The van der Waals surface area contributed by atoms with E-state index >= 15 is 0 Å². The second-order valence-corrected chi connectivity index (χ2v) is 5.95. The molecule has 0 bridgehead atoms. The highest BCUT2D eigenvalue weighted by Gasteiger charge is 2.18. The average Bonchev–Trinajstić information content (AvgIpc) is 3.01. The van der Waals surface area contributed by atoms with E-state index in [0.717, 1.165) is 35.8 Å². The molecule has 0 amide bonds. The summed E-state index contributed by atoms with van der Waals surface area (Å²) < 4.78 is 1.78. The number of hydrogen-bond acceptors (Lipinski definition) is 6. The van der Waals surface area contributed by atoms with Gasteiger partial charge >= 0.3 is 0 Å². The van der Waals surface area contributed by atoms with Crippen molar-refractivity contribution in [3.05, 3.63) is 36.9 Å². The Hall–Kier alpha value is -2.54. The lowest BCUT2D eigenvalue weighted by atomic mass is 10.0. The number of anilines is 1. The van der Waals surface area contributed by atoms with E-state index in [1.165, 1.54) is 6.42 Å². The second kappa shape index (κ2) is 5.92. The van der Waals surface area contributed by atoms with Crippen LogP contribution in [-0.2, 0) is 0 Å². The predicted octanol–water partition coefficient (Wildman–Crippen LogP) is 1.74. The van der Waals surface area contributed by atoms with Crippen molar-refractivity contribution in [2.75, 3.05) is 11.9 Å². The Morgan fingerprint density at radius 1 is 1.26 bits per heavy atom. The zero-order valence-corrected chi connectivity index (χ0v) is 13.0. The smallest absolute Gasteiger partial charge is 0.154 e. The van der Waals surface area contributed by atoms with Gasteiger partial charge in [-0.15, -0.1) is 0 Å². The third-order valence-electron chi connectivity index (χ3n) is 4.19. The number of fused-ring (bicyclic) bond motifs is 1. The van der Waals surface area contributed by atoms with Gasteiger partial charge in [0, 0.05) is 24.8 Å². The third kappa shape index (κ3) is 2.87. The van der Waals surface area contributed by atoms with Crippen LogP contribution in [-0.4, -0.2) is 43.2 Å². The quantitative estimate of drug-likeness (QED) is 0.767. The first kappa shape index (κ1) is 14.1. The van der Waals surface area contributed by atoms with E-state index in [2.05, 4.69) is 37.6 Å². The molecule has 3 aromatic rings. The summed E-state index contributed by atoms with van der Waals surface area (Å²) in [6, 6.07) is 4.76. The molecule has 2 N–H and O–H groups in total. The number of piperidine rings is 1. The molecular formula is C16H19N7. The number of nitrogens with one attached hydrogen (secondary N) is 2. The molecule has 1 aliphatic rings. The van der Waals surface area contributed by atoms with Crippen molar-refractivity contribution in [3.63, 3.8) is 0 Å². The number of nitrogens with zero attached hydrogens (tertiary/aromatic N) is 5. The Balaban J connectivity index is 1.59. The molecule has 2 atom stereocenters. The lowest BCUT2D eigenvalue weighted by Gasteiger charge is -2.28. The molecule has 4 heterocycles. The highest BCUT2D eigenvalue weighted by atomic mass is 15.3. The van der Waals surface area contributed by atoms with E-state index < -0.39 is 0 Å². The van der Waals surface area contributed by atoms with Crippen LogP contribution in [0.2, 0.25) is 0 Å². The number of aromatic nitrogens is 5. The maximum absolute atomic E-state index is 4.68. The molecule has 3 aromatic heterocycles. The van der Waals surface area contributed by atoms with E-state index in [4.69, 9.17) is 0 Å². The van der Waals surface area contributed by atoms with Crippen LogP contribution in [0.3, 0.4) is 0 Å². The monoisotopic (exact) mass is 309 g/mol. The highest BCUT2D eigenvalue weighted by Crippen LogP contribution is 2.19. The summed E-state index contributed by atoms with van der Waals surface area (Å²) >= 11 is 0. The van der Waals surface area contributed by atoms with Crippen molar-refractivity contribution in [2.45, 2.75) is 31.8 Å². The van der Waals surface area contributed by atoms with Crippen LogP contribution in [0.5, 0.6) is 0 Å². The largest absolute Gasteiger partial charge is 0.365 e. The minimum atomic E-state index is 0.385. The molecule has 7 heteroatoms. The highest BCUT2D eigenvalue weighted by molar-refractivity contribution is 5.59. The summed E-state index contributed by atoms with van der Waals surface area (Å²) in [6.07, 6.45) is 9.32. The van der Waals surface area contributed by atoms with Gasteiger partial charge < -0.3 is 10.6 Å². The van der Waals surface area contributed by atoms with E-state index in [-0.39, 0.29) is 0 Å². The minimum absolute atomic E-state index is 0.385. The maximum Gasteiger partial charge on any atom is 0.154 e. The van der Waals surface area contributed by atoms with E-state index in [0.29, 0.717) is 12.1 Å². The van der Waals surface area contributed by atoms with Crippen molar-refractivity contribution in [2.24, 2.45) is 0 Å². The summed E-state index contributed by atoms with van der Waals surface area (Å²) in [5, 5.41) is 11.3. The summed E-state index contributed by atoms with van der Waals surface area (Å²) in [5.41, 5.74) is 2.40. The third-order valence-corrected chi connectivity index (χ3v) is 4.19. The Kier molecular flexibility index (Phi) is 3.63. The van der Waals surface area contributed by atoms with E-state index in [9.17, 15) is 0 Å². The Labute approximate surface area is 134 Å². The maximum atomic E-state index is 4.68. The zero-order valence-electron chi connectivity index (χ0n) is 13.0. The van der Waals surface area contributed by atoms with Gasteiger partial charge in [-0.05, 0) is 31.9 Å². The van der Waals surface area contributed by atoms with Gasteiger partial charge in [0.2, 0.25) is 0 Å². The first-order valence-electron chi connectivity index (χ1n) is 7.91. The normalized spacial score (nSPS) is 21.4. The molecular weight excluding hydrogens is 290 g/mol. The Bertz CT molecular complexity index is 805. The molecule has 4 rings (SSSR count). The van der Waals surface area contributed by atoms with Crippen molar-refractivity contribution in [1.29, 1.82) is 0 Å². The van der Waals surface area contributed by atoms with Gasteiger partial charge in [-0.1, -0.05) is 0 Å². The minimum Gasteiger partial charge on any atom is -0.365 e. The fraction of sp³-hybridized carbons (Fsp3) is 0.375. The molecule has 1 fully saturated rings. The van der Waals surface area contributed by atoms with Gasteiger partial charge in [0.05, 0.1) is 18.6 Å². The number of imidazole rings is 1. The van der Waals surface area contributed by atoms with Crippen molar-refractivity contribution >= 4 is 11.5 Å². The second-order valence-electron chi connectivity index (χ2n) is 5.95. The standard InChI is InChI=1S/C16H19N7/c1-11-4-5-12(7-18-11)21-15-10-17-8-13(22-15)14-9-19-16-3-2-6-20-23(14)16/h2-3,6,8-12,18H,4-5,7H2,1H3,(H,21,22)/t11-,12-/m1/s1. The average molecular weight is 309 g/mol. The molecule has 0 aromatic carbocycles. The van der Waals surface area contributed by atoms with Crippen LogP contribution >= 0.6 is 0 Å². The molecule has 118 valence electrons. The van der Waals surface area contributed by atoms with Crippen LogP contribution < -0.4 is 10.6 Å². The Morgan fingerprint density at radius 2 is 2.22 bits per heavy atom. The van der Waals surface area contributed by atoms with Gasteiger partial charge in [-0.25, -0.2) is 14.5 Å². The van der Waals surface area contributed by atoms with E-state index in [1.807, 2.05) is 12.1 Å². The van der Waals surface area contributed by atoms with Crippen molar-refractivity contribution in [3.8, 4) is 11.4 Å². The summed E-state index contributed by atoms with van der Waals surface area (Å²) in [7, 11) is 0. The first-order chi connectivity index (χ1) is 11.3. The topological polar surface area (TPSA) is 80.0 Å². The first-order valence-corrected chi connectivity index (χ1v) is 7.91. The zero-order chi connectivity index (χ0) is 15.6. The van der Waals surface area contributed by atoms with Crippen LogP contribution in [0, 0.1) is 0 Å². The van der Waals surface area contributed by atoms with Gasteiger partial charge in [0.15, 0.2) is 5.65 Å². The Morgan fingerprint density at radius 3 is 3.09 bits per heavy atom. The van der Waals surface area contributed by atoms with Crippen LogP contribution in [0.15, 0.2) is 36.9 Å². The lowest BCUT2D eigenvalue weighted by Crippen LogP contribution is -2.43. The van der Waals surface area contributed by atoms with Crippen molar-refractivity contribution < 1.29 is 0 Å². The molecule has 1 aliphatic heterocycles. The fourth-order valence-corrected chi connectivity index (χ4v) is 2.89. The summed E-state index contributed by atoms with van der Waals surface area (Å²) in [5.74, 6) is 0.787. The number of rotatable bonds is 3. The molecule has 0 saturated carbocycles. The molecule has 1 saturated heterocycles. The van der Waals surface area contributed by atoms with Gasteiger partial charge in [-0.3, -0.25) is 4.98 Å². The predicted molar refractivity (Wildman–Crippen MR) is 88.1 cm³/mol. The van der Waals surface area contributed by atoms with Gasteiger partial charge in [0.1, 0.15) is 17.2 Å². The molecule has 0 unspecified atom stereocenters. The number of hydrogen-bond donors (Lipinski definition) is 2. The molecule has 7 nitrogen and oxygen atoms in total. The summed E-state index contributed by atoms with van der Waals surface area (Å²) in [4.78, 5) is 13.3. The SMILES string of the molecule is C[C@@H]1CC[C@@H](Nc2cncc(-c3cnc4cccnn34)n2)CN1. The van der Waals surface area contributed by atoms with Gasteiger partial charge in [0.25, 0.3) is 0 Å². The molecule has 0 aliphatic carbocycles. The molecule has 23 heavy (non-hydrogen) atoms. The van der Waals surface area contributed by atoms with Gasteiger partial charge in [-0.2, -0.15) is 5.10 Å². The summed E-state index contributed by atoms with van der Waals surface area (Å²) in [6.45, 7) is 3.17. The molecule has 0 spiro atoms. The molecule has 0 radical (unpaired) electrons. The van der Waals surface area contributed by atoms with Crippen LogP contribution in [0.4, 0.5) is 5.82 Å². The van der Waals surface area contributed by atoms with E-state index in [1.54, 1.807) is 29.3 Å².